The minimum absolute atomic E-state index is 0.00372. The van der Waals surface area contributed by atoms with Crippen molar-refractivity contribution in [2.75, 3.05) is 13.1 Å². The maximum absolute atomic E-state index is 15.2. The number of imide groups is 1. The van der Waals surface area contributed by atoms with E-state index in [0.29, 0.717) is 25.2 Å². The molecule has 1 N–H and O–H groups in total. The van der Waals surface area contributed by atoms with E-state index in [1.54, 1.807) is 6.07 Å². The van der Waals surface area contributed by atoms with Crippen molar-refractivity contribution in [3.63, 3.8) is 0 Å². The number of benzene rings is 2. The number of fused-ring (bicyclic) bond motifs is 1. The quantitative estimate of drug-likeness (QED) is 0.617. The number of amides is 3. The average Bonchev–Trinajstić information content (AvgIpc) is 3.19. The lowest BCUT2D eigenvalue weighted by atomic mass is 10.0. The molecule has 8 nitrogen and oxygen atoms in total. The van der Waals surface area contributed by atoms with E-state index in [9.17, 15) is 14.4 Å². The molecule has 36 heavy (non-hydrogen) atoms. The standard InChI is InChI=1S/C27H30FN3O5/c1-16-11-30(12-17(2)36-16)13-18-6-7-19(22(28)10-18)15-35-24-5-3-4-20-21(24)14-31(27(20)34)23-8-9-25(32)29-26(23)33/h3-7,10,16-17,23H,8-9,11-15H2,1-2H3,(H,29,32,33)/i15D2,23D. The summed E-state index contributed by atoms with van der Waals surface area (Å²) in [6, 6.07) is 6.79. The second-order valence-electron chi connectivity index (χ2n) is 9.47. The van der Waals surface area contributed by atoms with E-state index in [1.165, 1.54) is 30.3 Å². The molecule has 5 rings (SSSR count). The second kappa shape index (κ2) is 9.99. The number of piperidine rings is 1. The highest BCUT2D eigenvalue weighted by Gasteiger charge is 2.40. The largest absolute Gasteiger partial charge is 0.488 e. The van der Waals surface area contributed by atoms with Gasteiger partial charge in [0.15, 0.2) is 0 Å². The first-order valence-electron chi connectivity index (χ1n) is 13.5. The first-order valence-corrected chi connectivity index (χ1v) is 12.0. The van der Waals surface area contributed by atoms with Gasteiger partial charge in [0, 0.05) is 42.7 Å². The van der Waals surface area contributed by atoms with E-state index in [2.05, 4.69) is 10.2 Å². The first kappa shape index (κ1) is 20.8. The van der Waals surface area contributed by atoms with Crippen LogP contribution in [-0.4, -0.2) is 58.8 Å². The van der Waals surface area contributed by atoms with Crippen molar-refractivity contribution >= 4 is 17.7 Å². The molecule has 3 unspecified atom stereocenters. The molecule has 0 aliphatic carbocycles. The van der Waals surface area contributed by atoms with Gasteiger partial charge in [0.25, 0.3) is 5.91 Å². The van der Waals surface area contributed by atoms with Gasteiger partial charge in [-0.1, -0.05) is 18.2 Å². The van der Waals surface area contributed by atoms with Crippen LogP contribution in [0.15, 0.2) is 36.4 Å². The molecule has 3 aliphatic heterocycles. The fourth-order valence-corrected chi connectivity index (χ4v) is 5.00. The Balaban J connectivity index is 1.35. The zero-order valence-electron chi connectivity index (χ0n) is 23.2. The lowest BCUT2D eigenvalue weighted by Gasteiger charge is -2.35. The maximum atomic E-state index is 15.2. The molecule has 3 heterocycles. The third kappa shape index (κ3) is 4.99. The third-order valence-corrected chi connectivity index (χ3v) is 6.56. The van der Waals surface area contributed by atoms with Gasteiger partial charge in [-0.25, -0.2) is 4.39 Å². The van der Waals surface area contributed by atoms with E-state index >= 15 is 4.39 Å². The predicted octanol–water partition coefficient (Wildman–Crippen LogP) is 2.77. The Bertz CT molecular complexity index is 1330. The van der Waals surface area contributed by atoms with Crippen molar-refractivity contribution in [2.24, 2.45) is 0 Å². The lowest BCUT2D eigenvalue weighted by Crippen LogP contribution is -2.52. The van der Waals surface area contributed by atoms with E-state index < -0.39 is 36.1 Å². The van der Waals surface area contributed by atoms with Crippen LogP contribution in [0.25, 0.3) is 0 Å². The van der Waals surface area contributed by atoms with Gasteiger partial charge >= 0.3 is 0 Å². The maximum Gasteiger partial charge on any atom is 0.255 e. The molecule has 0 bridgehead atoms. The Morgan fingerprint density at radius 1 is 1.19 bits per heavy atom. The van der Waals surface area contributed by atoms with Crippen LogP contribution < -0.4 is 10.1 Å². The highest BCUT2D eigenvalue weighted by atomic mass is 19.1. The fraction of sp³-hybridized carbons (Fsp3) is 0.444. The Hall–Kier alpha value is -3.30. The topological polar surface area (TPSA) is 88.2 Å². The van der Waals surface area contributed by atoms with Crippen LogP contribution in [0.3, 0.4) is 0 Å². The van der Waals surface area contributed by atoms with Crippen molar-refractivity contribution in [1.29, 1.82) is 0 Å². The number of ether oxygens (including phenoxy) is 2. The van der Waals surface area contributed by atoms with Gasteiger partial charge < -0.3 is 14.4 Å². The molecule has 2 aromatic carbocycles. The summed E-state index contributed by atoms with van der Waals surface area (Å²) >= 11 is 0. The number of nitrogens with zero attached hydrogens (tertiary/aromatic N) is 2. The average molecular weight is 499 g/mol. The summed E-state index contributed by atoms with van der Waals surface area (Å²) in [5, 5.41) is 2.11. The van der Waals surface area contributed by atoms with Crippen LogP contribution in [0, 0.1) is 5.82 Å². The molecule has 3 atom stereocenters. The Labute approximate surface area is 213 Å². The van der Waals surface area contributed by atoms with Gasteiger partial charge in [-0.2, -0.15) is 0 Å². The number of rotatable bonds is 6. The third-order valence-electron chi connectivity index (χ3n) is 6.56. The Morgan fingerprint density at radius 2 is 1.97 bits per heavy atom. The molecule has 2 saturated heterocycles. The molecule has 0 spiro atoms. The summed E-state index contributed by atoms with van der Waals surface area (Å²) in [5.41, 5.74) is 0.843. The number of nitrogens with one attached hydrogen (secondary N) is 1. The van der Waals surface area contributed by atoms with Gasteiger partial charge in [0.1, 0.15) is 24.1 Å². The molecule has 3 aliphatic rings. The molecule has 3 amide bonds. The number of hydrogen-bond donors (Lipinski definition) is 1. The summed E-state index contributed by atoms with van der Waals surface area (Å²) in [7, 11) is 0. The van der Waals surface area contributed by atoms with Crippen molar-refractivity contribution < 1.29 is 32.4 Å². The van der Waals surface area contributed by atoms with E-state index in [-0.39, 0.29) is 54.0 Å². The normalized spacial score (nSPS) is 28.2. The van der Waals surface area contributed by atoms with Crippen LogP contribution in [0.1, 0.15) is 57.8 Å². The molecular weight excluding hydrogens is 465 g/mol. The van der Waals surface area contributed by atoms with Crippen molar-refractivity contribution in [1.82, 2.24) is 15.1 Å². The molecule has 2 fully saturated rings. The van der Waals surface area contributed by atoms with Crippen molar-refractivity contribution in [3.05, 3.63) is 64.5 Å². The number of hydrogen-bond acceptors (Lipinski definition) is 6. The van der Waals surface area contributed by atoms with E-state index in [0.717, 1.165) is 4.90 Å². The number of halogens is 1. The molecule has 2 aromatic rings. The van der Waals surface area contributed by atoms with Crippen LogP contribution in [0.4, 0.5) is 4.39 Å². The molecule has 0 saturated carbocycles. The lowest BCUT2D eigenvalue weighted by molar-refractivity contribution is -0.136. The number of carbonyl (C=O) groups excluding carboxylic acids is 3. The minimum Gasteiger partial charge on any atom is -0.488 e. The van der Waals surface area contributed by atoms with Crippen LogP contribution in [0.2, 0.25) is 0 Å². The molecule has 0 aromatic heterocycles. The fourth-order valence-electron chi connectivity index (χ4n) is 5.00. The van der Waals surface area contributed by atoms with Crippen LogP contribution in [-0.2, 0) is 34.0 Å². The highest BCUT2D eigenvalue weighted by molar-refractivity contribution is 6.05. The highest BCUT2D eigenvalue weighted by Crippen LogP contribution is 2.34. The van der Waals surface area contributed by atoms with Crippen molar-refractivity contribution in [2.45, 2.75) is 64.6 Å². The van der Waals surface area contributed by atoms with Gasteiger partial charge in [0.2, 0.25) is 11.8 Å². The molecule has 0 radical (unpaired) electrons. The Morgan fingerprint density at radius 3 is 2.69 bits per heavy atom. The predicted molar refractivity (Wildman–Crippen MR) is 129 cm³/mol. The zero-order chi connectivity index (χ0) is 28.1. The molecular formula is C27H30FN3O5. The zero-order valence-corrected chi connectivity index (χ0v) is 20.2. The van der Waals surface area contributed by atoms with Crippen LogP contribution in [0.5, 0.6) is 5.75 Å². The monoisotopic (exact) mass is 498 g/mol. The van der Waals surface area contributed by atoms with Gasteiger partial charge in [-0.05, 0) is 44.0 Å². The number of carbonyl (C=O) groups is 3. The van der Waals surface area contributed by atoms with Gasteiger partial charge in [-0.15, -0.1) is 0 Å². The molecule has 190 valence electrons. The SMILES string of the molecule is [2H]C([2H])(Oc1cccc2c1CN(C1([2H])CCC(=O)NC1=O)C2=O)c1ccc(CN2CC(C)OC(C)C2)cc1F. The van der Waals surface area contributed by atoms with E-state index in [4.69, 9.17) is 13.6 Å². The smallest absolute Gasteiger partial charge is 0.255 e. The Kier molecular flexibility index (Phi) is 5.78. The van der Waals surface area contributed by atoms with Gasteiger partial charge in [-0.3, -0.25) is 24.6 Å². The number of morpholine rings is 1. The van der Waals surface area contributed by atoms with Crippen molar-refractivity contribution in [3.8, 4) is 5.75 Å². The van der Waals surface area contributed by atoms with Gasteiger partial charge in [0.05, 0.1) is 22.9 Å². The van der Waals surface area contributed by atoms with E-state index in [1.807, 2.05) is 13.8 Å². The van der Waals surface area contributed by atoms with Crippen LogP contribution >= 0.6 is 0 Å². The second-order valence-corrected chi connectivity index (χ2v) is 9.47. The summed E-state index contributed by atoms with van der Waals surface area (Å²) in [6.45, 7) is 3.12. The summed E-state index contributed by atoms with van der Waals surface area (Å²) in [4.78, 5) is 40.4. The summed E-state index contributed by atoms with van der Waals surface area (Å²) in [5.74, 6) is -2.75. The summed E-state index contributed by atoms with van der Waals surface area (Å²) in [6.07, 6.45) is -0.111. The minimum atomic E-state index is -2.58. The molecule has 9 heteroatoms. The summed E-state index contributed by atoms with van der Waals surface area (Å²) < 4.78 is 52.3. The first-order chi connectivity index (χ1) is 18.4.